The van der Waals surface area contributed by atoms with Crippen molar-refractivity contribution >= 4 is 17.2 Å². The van der Waals surface area contributed by atoms with Gasteiger partial charge >= 0.3 is 0 Å². The molecule has 1 aromatic rings. The largest absolute Gasteiger partial charge is 0.368 e. The second-order valence-electron chi connectivity index (χ2n) is 6.99. The summed E-state index contributed by atoms with van der Waals surface area (Å²) in [7, 11) is 0. The van der Waals surface area contributed by atoms with E-state index in [2.05, 4.69) is 27.7 Å². The van der Waals surface area contributed by atoms with E-state index in [9.17, 15) is 4.79 Å². The number of nitrogens with zero attached hydrogens (tertiary/aromatic N) is 1. The fraction of sp³-hybridized carbons (Fsp3) is 0.722. The van der Waals surface area contributed by atoms with Crippen LogP contribution in [0.2, 0.25) is 0 Å². The van der Waals surface area contributed by atoms with Crippen LogP contribution in [0.3, 0.4) is 0 Å². The molecule has 128 valence electrons. The van der Waals surface area contributed by atoms with Crippen molar-refractivity contribution in [1.82, 2.24) is 10.2 Å². The van der Waals surface area contributed by atoms with Gasteiger partial charge in [0.15, 0.2) is 0 Å². The lowest BCUT2D eigenvalue weighted by molar-refractivity contribution is -0.132. The number of hydrogen-bond donors (Lipinski definition) is 1. The average molecular weight is 337 g/mol. The first-order valence-electron chi connectivity index (χ1n) is 8.84. The van der Waals surface area contributed by atoms with Gasteiger partial charge < -0.3 is 10.1 Å². The van der Waals surface area contributed by atoms with Crippen molar-refractivity contribution in [2.75, 3.05) is 26.2 Å². The Labute approximate surface area is 143 Å². The number of carbonyl (C=O) groups excluding carboxylic acids is 1. The molecule has 1 aliphatic heterocycles. The third-order valence-corrected chi connectivity index (χ3v) is 5.64. The maximum Gasteiger partial charge on any atom is 0.248 e. The van der Waals surface area contributed by atoms with E-state index in [0.717, 1.165) is 26.2 Å². The fourth-order valence-corrected chi connectivity index (χ4v) is 3.86. The Morgan fingerprint density at radius 3 is 3.04 bits per heavy atom. The maximum absolute atomic E-state index is 12.1. The summed E-state index contributed by atoms with van der Waals surface area (Å²) in [5.41, 5.74) is 0. The van der Waals surface area contributed by atoms with Crippen LogP contribution in [-0.4, -0.2) is 43.2 Å². The highest BCUT2D eigenvalue weighted by Crippen LogP contribution is 2.29. The van der Waals surface area contributed by atoms with Gasteiger partial charge in [-0.15, -0.1) is 11.3 Å². The van der Waals surface area contributed by atoms with Gasteiger partial charge in [0.1, 0.15) is 6.10 Å². The summed E-state index contributed by atoms with van der Waals surface area (Å²) in [6, 6.07) is 4.32. The summed E-state index contributed by atoms with van der Waals surface area (Å²) in [5.74, 6) is 1.30. The highest BCUT2D eigenvalue weighted by atomic mass is 32.1. The molecular formula is C18H28N2O2S. The highest BCUT2D eigenvalue weighted by molar-refractivity contribution is 7.09. The Balaban J connectivity index is 1.36. The number of ether oxygens (including phenoxy) is 1. The Morgan fingerprint density at radius 1 is 1.43 bits per heavy atom. The maximum atomic E-state index is 12.1. The lowest BCUT2D eigenvalue weighted by Gasteiger charge is -2.32. The monoisotopic (exact) mass is 336 g/mol. The van der Waals surface area contributed by atoms with E-state index in [0.29, 0.717) is 11.8 Å². The van der Waals surface area contributed by atoms with E-state index in [4.69, 9.17) is 4.74 Å². The average Bonchev–Trinajstić information content (AvgIpc) is 3.26. The standard InChI is InChI=1S/C18H28N2O2S/c1-14(22-13-15-6-7-15)18(21)19-10-16-4-2-8-20(11-16)12-17-5-3-9-23-17/h3,5,9,14-16H,2,4,6-8,10-13H2,1H3,(H,19,21)/t14-,16+/m0/s1. The summed E-state index contributed by atoms with van der Waals surface area (Å²) in [4.78, 5) is 16.0. The number of thiophene rings is 1. The number of piperidine rings is 1. The van der Waals surface area contributed by atoms with Crippen LogP contribution in [0.5, 0.6) is 0 Å². The molecule has 0 aromatic carbocycles. The Hall–Kier alpha value is -0.910. The molecule has 2 heterocycles. The van der Waals surface area contributed by atoms with E-state index in [1.54, 1.807) is 0 Å². The van der Waals surface area contributed by atoms with Gasteiger partial charge in [-0.2, -0.15) is 0 Å². The molecule has 1 aliphatic carbocycles. The van der Waals surface area contributed by atoms with E-state index in [1.807, 2.05) is 18.3 Å². The zero-order valence-electron chi connectivity index (χ0n) is 14.0. The topological polar surface area (TPSA) is 41.6 Å². The van der Waals surface area contributed by atoms with Crippen LogP contribution in [-0.2, 0) is 16.1 Å². The molecule has 1 aromatic heterocycles. The number of carbonyl (C=O) groups is 1. The number of rotatable bonds is 8. The third-order valence-electron chi connectivity index (χ3n) is 4.78. The van der Waals surface area contributed by atoms with E-state index < -0.39 is 0 Å². The molecule has 0 spiro atoms. The van der Waals surface area contributed by atoms with Gasteiger partial charge in [-0.25, -0.2) is 0 Å². The smallest absolute Gasteiger partial charge is 0.248 e. The van der Waals surface area contributed by atoms with Crippen molar-refractivity contribution in [2.24, 2.45) is 11.8 Å². The van der Waals surface area contributed by atoms with E-state index in [-0.39, 0.29) is 12.0 Å². The summed E-state index contributed by atoms with van der Waals surface area (Å²) in [6.07, 6.45) is 4.63. The molecule has 2 atom stereocenters. The molecule has 4 nitrogen and oxygen atoms in total. The van der Waals surface area contributed by atoms with Crippen molar-refractivity contribution in [2.45, 2.75) is 45.3 Å². The lowest BCUT2D eigenvalue weighted by atomic mass is 9.98. The van der Waals surface area contributed by atoms with Crippen molar-refractivity contribution in [1.29, 1.82) is 0 Å². The number of likely N-dealkylation sites (tertiary alicyclic amines) is 1. The van der Waals surface area contributed by atoms with Crippen molar-refractivity contribution in [3.05, 3.63) is 22.4 Å². The molecule has 23 heavy (non-hydrogen) atoms. The summed E-state index contributed by atoms with van der Waals surface area (Å²) < 4.78 is 5.64. The predicted octanol–water partition coefficient (Wildman–Crippen LogP) is 2.89. The van der Waals surface area contributed by atoms with Crippen LogP contribution in [0.25, 0.3) is 0 Å². The molecule has 3 rings (SSSR count). The first-order valence-corrected chi connectivity index (χ1v) is 9.72. The minimum absolute atomic E-state index is 0.0426. The lowest BCUT2D eigenvalue weighted by Crippen LogP contribution is -2.43. The Kier molecular flexibility index (Phi) is 6.08. The fourth-order valence-electron chi connectivity index (χ4n) is 3.11. The van der Waals surface area contributed by atoms with Gasteiger partial charge in [0, 0.05) is 24.5 Å². The quantitative estimate of drug-likeness (QED) is 0.794. The number of amides is 1. The molecule has 1 N–H and O–H groups in total. The Morgan fingerprint density at radius 2 is 2.30 bits per heavy atom. The molecule has 2 aliphatic rings. The molecule has 0 unspecified atom stereocenters. The van der Waals surface area contributed by atoms with Crippen LogP contribution >= 0.6 is 11.3 Å². The van der Waals surface area contributed by atoms with Crippen molar-refractivity contribution in [3.63, 3.8) is 0 Å². The van der Waals surface area contributed by atoms with E-state index >= 15 is 0 Å². The Bertz CT molecular complexity index is 487. The van der Waals surface area contributed by atoms with Gasteiger partial charge in [-0.1, -0.05) is 6.07 Å². The molecule has 5 heteroatoms. The highest BCUT2D eigenvalue weighted by Gasteiger charge is 2.25. The third kappa shape index (κ3) is 5.59. The molecular weight excluding hydrogens is 308 g/mol. The van der Waals surface area contributed by atoms with Crippen molar-refractivity contribution in [3.8, 4) is 0 Å². The number of nitrogens with one attached hydrogen (secondary N) is 1. The zero-order chi connectivity index (χ0) is 16.1. The first-order chi connectivity index (χ1) is 11.2. The van der Waals surface area contributed by atoms with Crippen molar-refractivity contribution < 1.29 is 9.53 Å². The molecule has 0 bridgehead atoms. The minimum atomic E-state index is -0.318. The summed E-state index contributed by atoms with van der Waals surface area (Å²) in [5, 5.41) is 5.23. The molecule has 0 radical (unpaired) electrons. The normalized spacial score (nSPS) is 23.6. The van der Waals surface area contributed by atoms with Gasteiger partial charge in [0.2, 0.25) is 5.91 Å². The second-order valence-corrected chi connectivity index (χ2v) is 8.02. The minimum Gasteiger partial charge on any atom is -0.368 e. The second kappa shape index (κ2) is 8.27. The summed E-state index contributed by atoms with van der Waals surface area (Å²) in [6.45, 7) is 6.67. The zero-order valence-corrected chi connectivity index (χ0v) is 14.8. The van der Waals surface area contributed by atoms with E-state index in [1.165, 1.54) is 37.1 Å². The van der Waals surface area contributed by atoms with Gasteiger partial charge in [0.05, 0.1) is 6.61 Å². The van der Waals surface area contributed by atoms with Crippen LogP contribution < -0.4 is 5.32 Å². The van der Waals surface area contributed by atoms with Crippen LogP contribution in [0, 0.1) is 11.8 Å². The molecule has 1 amide bonds. The van der Waals surface area contributed by atoms with Gasteiger partial charge in [-0.3, -0.25) is 9.69 Å². The first kappa shape index (κ1) is 16.9. The molecule has 1 saturated heterocycles. The molecule has 2 fully saturated rings. The molecule has 1 saturated carbocycles. The number of hydrogen-bond acceptors (Lipinski definition) is 4. The van der Waals surface area contributed by atoms with Crippen LogP contribution in [0.1, 0.15) is 37.5 Å². The van der Waals surface area contributed by atoms with Crippen LogP contribution in [0.4, 0.5) is 0 Å². The SMILES string of the molecule is C[C@H](OCC1CC1)C(=O)NC[C@H]1CCCN(Cc2cccs2)C1. The van der Waals surface area contributed by atoms with Gasteiger partial charge in [-0.05, 0) is 62.4 Å². The summed E-state index contributed by atoms with van der Waals surface area (Å²) >= 11 is 1.82. The van der Waals surface area contributed by atoms with Gasteiger partial charge in [0.25, 0.3) is 0 Å². The van der Waals surface area contributed by atoms with Crippen LogP contribution in [0.15, 0.2) is 17.5 Å². The predicted molar refractivity (Wildman–Crippen MR) is 93.5 cm³/mol.